The van der Waals surface area contributed by atoms with Crippen LogP contribution in [0.3, 0.4) is 0 Å². The standard InChI is InChI=1S/C12H19NOS/c1-9(2)10-5-6-14-11(8-13-10)12-4-3-7-15-12/h3-4,7,9-11,13H,5-6,8H2,1-2H3. The first-order chi connectivity index (χ1) is 7.27. The molecule has 1 aliphatic rings. The minimum absolute atomic E-state index is 0.258. The van der Waals surface area contributed by atoms with Crippen LogP contribution in [0.15, 0.2) is 17.5 Å². The fourth-order valence-electron chi connectivity index (χ4n) is 1.98. The number of hydrogen-bond acceptors (Lipinski definition) is 3. The molecule has 2 unspecified atom stereocenters. The maximum Gasteiger partial charge on any atom is 0.104 e. The third-order valence-corrected chi connectivity index (χ3v) is 3.94. The number of thiophene rings is 1. The van der Waals surface area contributed by atoms with Crippen molar-refractivity contribution in [3.05, 3.63) is 22.4 Å². The molecular weight excluding hydrogens is 206 g/mol. The van der Waals surface area contributed by atoms with E-state index in [2.05, 4.69) is 36.7 Å². The van der Waals surface area contributed by atoms with Gasteiger partial charge in [-0.25, -0.2) is 0 Å². The molecule has 0 aliphatic carbocycles. The highest BCUT2D eigenvalue weighted by atomic mass is 32.1. The van der Waals surface area contributed by atoms with Gasteiger partial charge in [-0.1, -0.05) is 19.9 Å². The number of ether oxygens (including phenoxy) is 1. The summed E-state index contributed by atoms with van der Waals surface area (Å²) in [7, 11) is 0. The number of rotatable bonds is 2. The van der Waals surface area contributed by atoms with E-state index in [1.54, 1.807) is 11.3 Å². The van der Waals surface area contributed by atoms with Gasteiger partial charge in [0.15, 0.2) is 0 Å². The van der Waals surface area contributed by atoms with E-state index in [9.17, 15) is 0 Å². The largest absolute Gasteiger partial charge is 0.371 e. The molecule has 2 heterocycles. The van der Waals surface area contributed by atoms with Gasteiger partial charge in [0.1, 0.15) is 6.10 Å². The van der Waals surface area contributed by atoms with Crippen LogP contribution >= 0.6 is 11.3 Å². The highest BCUT2D eigenvalue weighted by Crippen LogP contribution is 2.24. The maximum atomic E-state index is 5.88. The molecule has 15 heavy (non-hydrogen) atoms. The minimum Gasteiger partial charge on any atom is -0.371 e. The summed E-state index contributed by atoms with van der Waals surface area (Å²) >= 11 is 1.78. The summed E-state index contributed by atoms with van der Waals surface area (Å²) in [5, 5.41) is 5.72. The van der Waals surface area contributed by atoms with Gasteiger partial charge in [-0.3, -0.25) is 0 Å². The summed E-state index contributed by atoms with van der Waals surface area (Å²) in [5.41, 5.74) is 0. The lowest BCUT2D eigenvalue weighted by molar-refractivity contribution is 0.0685. The van der Waals surface area contributed by atoms with Gasteiger partial charge in [-0.05, 0) is 23.8 Å². The van der Waals surface area contributed by atoms with Crippen molar-refractivity contribution in [2.45, 2.75) is 32.4 Å². The number of hydrogen-bond donors (Lipinski definition) is 1. The Balaban J connectivity index is 1.96. The van der Waals surface area contributed by atoms with Crippen LogP contribution in [0.5, 0.6) is 0 Å². The van der Waals surface area contributed by atoms with Crippen molar-refractivity contribution >= 4 is 11.3 Å². The van der Waals surface area contributed by atoms with Crippen molar-refractivity contribution in [3.63, 3.8) is 0 Å². The molecule has 1 fully saturated rings. The van der Waals surface area contributed by atoms with E-state index in [0.717, 1.165) is 19.6 Å². The van der Waals surface area contributed by atoms with E-state index in [1.165, 1.54) is 4.88 Å². The van der Waals surface area contributed by atoms with Crippen LogP contribution in [0.2, 0.25) is 0 Å². The smallest absolute Gasteiger partial charge is 0.104 e. The van der Waals surface area contributed by atoms with Crippen molar-refractivity contribution in [2.24, 2.45) is 5.92 Å². The quantitative estimate of drug-likeness (QED) is 0.835. The zero-order valence-electron chi connectivity index (χ0n) is 9.40. The molecule has 2 atom stereocenters. The molecule has 84 valence electrons. The minimum atomic E-state index is 0.258. The predicted octanol–water partition coefficient (Wildman–Crippen LogP) is 2.82. The second-order valence-corrected chi connectivity index (χ2v) is 5.40. The van der Waals surface area contributed by atoms with Crippen molar-refractivity contribution in [3.8, 4) is 0 Å². The summed E-state index contributed by atoms with van der Waals surface area (Å²) in [4.78, 5) is 1.34. The SMILES string of the molecule is CC(C)C1CCOC(c2cccs2)CN1. The molecule has 2 rings (SSSR count). The Morgan fingerprint density at radius 2 is 2.40 bits per heavy atom. The second kappa shape index (κ2) is 5.10. The van der Waals surface area contributed by atoms with E-state index in [0.29, 0.717) is 12.0 Å². The maximum absolute atomic E-state index is 5.88. The normalized spacial score (nSPS) is 27.9. The summed E-state index contributed by atoms with van der Waals surface area (Å²) in [6, 6.07) is 4.86. The Morgan fingerprint density at radius 3 is 3.07 bits per heavy atom. The van der Waals surface area contributed by atoms with Gasteiger partial charge in [0.05, 0.1) is 0 Å². The molecule has 2 nitrogen and oxygen atoms in total. The molecule has 0 bridgehead atoms. The first-order valence-corrected chi connectivity index (χ1v) is 6.53. The molecular formula is C12H19NOS. The molecule has 1 aromatic rings. The van der Waals surface area contributed by atoms with Crippen LogP contribution in [0, 0.1) is 5.92 Å². The van der Waals surface area contributed by atoms with Gasteiger partial charge in [0, 0.05) is 24.1 Å². The van der Waals surface area contributed by atoms with Crippen molar-refractivity contribution < 1.29 is 4.74 Å². The third kappa shape index (κ3) is 2.80. The molecule has 1 N–H and O–H groups in total. The van der Waals surface area contributed by atoms with Gasteiger partial charge in [0.2, 0.25) is 0 Å². The fraction of sp³-hybridized carbons (Fsp3) is 0.667. The first kappa shape index (κ1) is 11.1. The van der Waals surface area contributed by atoms with Crippen LogP contribution in [0.1, 0.15) is 31.2 Å². The van der Waals surface area contributed by atoms with E-state index >= 15 is 0 Å². The van der Waals surface area contributed by atoms with Crippen LogP contribution in [-0.2, 0) is 4.74 Å². The van der Waals surface area contributed by atoms with E-state index in [4.69, 9.17) is 4.74 Å². The van der Waals surface area contributed by atoms with Gasteiger partial charge >= 0.3 is 0 Å². The average molecular weight is 225 g/mol. The topological polar surface area (TPSA) is 21.3 Å². The van der Waals surface area contributed by atoms with E-state index in [-0.39, 0.29) is 6.10 Å². The van der Waals surface area contributed by atoms with Gasteiger partial charge in [-0.2, -0.15) is 0 Å². The van der Waals surface area contributed by atoms with Gasteiger partial charge in [0.25, 0.3) is 0 Å². The number of nitrogens with one attached hydrogen (secondary N) is 1. The summed E-state index contributed by atoms with van der Waals surface area (Å²) < 4.78 is 5.88. The molecule has 1 aliphatic heterocycles. The molecule has 0 aromatic carbocycles. The highest BCUT2D eigenvalue weighted by molar-refractivity contribution is 7.10. The fourth-order valence-corrected chi connectivity index (χ4v) is 2.76. The van der Waals surface area contributed by atoms with Crippen LogP contribution in [-0.4, -0.2) is 19.2 Å². The lowest BCUT2D eigenvalue weighted by Crippen LogP contribution is -2.34. The highest BCUT2D eigenvalue weighted by Gasteiger charge is 2.21. The monoisotopic (exact) mass is 225 g/mol. The van der Waals surface area contributed by atoms with Gasteiger partial charge in [-0.15, -0.1) is 11.3 Å². The average Bonchev–Trinajstić information content (AvgIpc) is 2.62. The Morgan fingerprint density at radius 1 is 1.53 bits per heavy atom. The van der Waals surface area contributed by atoms with E-state index in [1.807, 2.05) is 0 Å². The molecule has 0 amide bonds. The molecule has 0 saturated carbocycles. The van der Waals surface area contributed by atoms with Crippen LogP contribution < -0.4 is 5.32 Å². The third-order valence-electron chi connectivity index (χ3n) is 2.98. The van der Waals surface area contributed by atoms with Crippen LogP contribution in [0.4, 0.5) is 0 Å². The van der Waals surface area contributed by atoms with Crippen molar-refractivity contribution in [1.29, 1.82) is 0 Å². The molecule has 1 aromatic heterocycles. The lowest BCUT2D eigenvalue weighted by Gasteiger charge is -2.19. The Hall–Kier alpha value is -0.380. The van der Waals surface area contributed by atoms with Crippen molar-refractivity contribution in [1.82, 2.24) is 5.32 Å². The summed E-state index contributed by atoms with van der Waals surface area (Å²) in [6.07, 6.45) is 1.38. The Labute approximate surface area is 95.6 Å². The lowest BCUT2D eigenvalue weighted by atomic mass is 10.0. The zero-order valence-corrected chi connectivity index (χ0v) is 10.2. The molecule has 0 radical (unpaired) electrons. The zero-order chi connectivity index (χ0) is 10.7. The second-order valence-electron chi connectivity index (χ2n) is 4.42. The van der Waals surface area contributed by atoms with Crippen LogP contribution in [0.25, 0.3) is 0 Å². The predicted molar refractivity (Wildman–Crippen MR) is 64.3 cm³/mol. The molecule has 3 heteroatoms. The summed E-state index contributed by atoms with van der Waals surface area (Å²) in [5.74, 6) is 0.690. The molecule has 1 saturated heterocycles. The van der Waals surface area contributed by atoms with Gasteiger partial charge < -0.3 is 10.1 Å². The van der Waals surface area contributed by atoms with E-state index < -0.39 is 0 Å². The summed E-state index contributed by atoms with van der Waals surface area (Å²) in [6.45, 7) is 6.36. The first-order valence-electron chi connectivity index (χ1n) is 5.65. The van der Waals surface area contributed by atoms with Crippen molar-refractivity contribution in [2.75, 3.05) is 13.2 Å². The molecule has 0 spiro atoms. The Bertz CT molecular complexity index is 284. The Kier molecular flexibility index (Phi) is 3.78.